The van der Waals surface area contributed by atoms with Crippen molar-refractivity contribution >= 4 is 16.1 Å². The third-order valence-corrected chi connectivity index (χ3v) is 7.03. The standard InChI is InChI=1S/C22H26N2O2S/c1-17-9-12-19(13-10-17)27(25,26)23-22-20-8-4-3-7-18(20)11-14-21(22)24-15-5-2-6-16-24/h3-4,7-14,21-23H,2,5-6,15-16H2,1H3/t21-,22+/m0/s1. The second-order valence-electron chi connectivity index (χ2n) is 7.49. The maximum atomic E-state index is 13.1. The van der Waals surface area contributed by atoms with Crippen LogP contribution in [-0.4, -0.2) is 32.4 Å². The molecule has 0 radical (unpaired) electrons. The number of hydrogen-bond acceptors (Lipinski definition) is 3. The Balaban J connectivity index is 1.69. The van der Waals surface area contributed by atoms with Crippen LogP contribution in [0.4, 0.5) is 0 Å². The van der Waals surface area contributed by atoms with E-state index in [1.807, 2.05) is 43.3 Å². The van der Waals surface area contributed by atoms with Gasteiger partial charge in [0.1, 0.15) is 0 Å². The fourth-order valence-corrected chi connectivity index (χ4v) is 5.31. The number of rotatable bonds is 4. The van der Waals surface area contributed by atoms with Crippen molar-refractivity contribution in [2.24, 2.45) is 0 Å². The van der Waals surface area contributed by atoms with E-state index in [-0.39, 0.29) is 12.1 Å². The SMILES string of the molecule is Cc1ccc(S(=O)(=O)N[C@@H]2c3ccccc3C=C[C@@H]2N2CCCCC2)cc1. The van der Waals surface area contributed by atoms with E-state index < -0.39 is 10.0 Å². The molecule has 142 valence electrons. The van der Waals surface area contributed by atoms with E-state index in [2.05, 4.69) is 21.8 Å². The van der Waals surface area contributed by atoms with Gasteiger partial charge < -0.3 is 0 Å². The summed E-state index contributed by atoms with van der Waals surface area (Å²) in [4.78, 5) is 2.73. The van der Waals surface area contributed by atoms with Crippen LogP contribution in [0, 0.1) is 6.92 Å². The molecule has 4 rings (SSSR count). The monoisotopic (exact) mass is 382 g/mol. The van der Waals surface area contributed by atoms with Crippen LogP contribution >= 0.6 is 0 Å². The van der Waals surface area contributed by atoms with Crippen molar-refractivity contribution in [2.45, 2.75) is 43.2 Å². The Bertz CT molecular complexity index is 929. The average Bonchev–Trinajstić information content (AvgIpc) is 2.69. The van der Waals surface area contributed by atoms with Gasteiger partial charge in [-0.05, 0) is 56.1 Å². The van der Waals surface area contributed by atoms with Crippen LogP contribution < -0.4 is 4.72 Å². The van der Waals surface area contributed by atoms with Crippen LogP contribution in [-0.2, 0) is 10.0 Å². The number of nitrogens with one attached hydrogen (secondary N) is 1. The smallest absolute Gasteiger partial charge is 0.241 e. The third-order valence-electron chi connectivity index (χ3n) is 5.57. The van der Waals surface area contributed by atoms with Crippen LogP contribution in [0.25, 0.3) is 6.08 Å². The minimum absolute atomic E-state index is 0.0421. The minimum Gasteiger partial charge on any atom is -0.295 e. The van der Waals surface area contributed by atoms with E-state index in [0.717, 1.165) is 29.8 Å². The summed E-state index contributed by atoms with van der Waals surface area (Å²) in [5.74, 6) is 0. The van der Waals surface area contributed by atoms with Gasteiger partial charge in [-0.2, -0.15) is 0 Å². The van der Waals surface area contributed by atoms with Gasteiger partial charge in [-0.3, -0.25) is 4.90 Å². The zero-order chi connectivity index (χ0) is 18.9. The number of piperidine rings is 1. The second kappa shape index (κ2) is 7.58. The molecule has 0 spiro atoms. The lowest BCUT2D eigenvalue weighted by atomic mass is 9.88. The molecule has 2 aliphatic rings. The van der Waals surface area contributed by atoms with Gasteiger partial charge in [0.25, 0.3) is 0 Å². The zero-order valence-electron chi connectivity index (χ0n) is 15.6. The molecule has 1 fully saturated rings. The number of likely N-dealkylation sites (tertiary alicyclic amines) is 1. The first kappa shape index (κ1) is 18.4. The molecular weight excluding hydrogens is 356 g/mol. The van der Waals surface area contributed by atoms with Gasteiger partial charge in [-0.25, -0.2) is 13.1 Å². The summed E-state index contributed by atoms with van der Waals surface area (Å²) in [6, 6.07) is 14.9. The Kier molecular flexibility index (Phi) is 5.17. The van der Waals surface area contributed by atoms with E-state index in [0.29, 0.717) is 4.90 Å². The molecule has 0 unspecified atom stereocenters. The Hall–Kier alpha value is -1.95. The highest BCUT2D eigenvalue weighted by molar-refractivity contribution is 7.89. The van der Waals surface area contributed by atoms with Crippen molar-refractivity contribution in [3.63, 3.8) is 0 Å². The fourth-order valence-electron chi connectivity index (χ4n) is 4.08. The molecule has 0 amide bonds. The summed E-state index contributed by atoms with van der Waals surface area (Å²) in [6.07, 6.45) is 7.89. The van der Waals surface area contributed by atoms with E-state index in [9.17, 15) is 8.42 Å². The molecule has 1 heterocycles. The number of sulfonamides is 1. The Morgan fingerprint density at radius 1 is 0.963 bits per heavy atom. The molecule has 1 N–H and O–H groups in total. The molecule has 1 saturated heterocycles. The van der Waals surface area contributed by atoms with E-state index >= 15 is 0 Å². The molecule has 2 atom stereocenters. The lowest BCUT2D eigenvalue weighted by Gasteiger charge is -2.40. The fraction of sp³-hybridized carbons (Fsp3) is 0.364. The highest BCUT2D eigenvalue weighted by Crippen LogP contribution is 2.33. The van der Waals surface area contributed by atoms with Crippen molar-refractivity contribution in [1.29, 1.82) is 0 Å². The van der Waals surface area contributed by atoms with E-state index in [4.69, 9.17) is 0 Å². The molecule has 5 heteroatoms. The molecule has 0 aromatic heterocycles. The first-order valence-electron chi connectivity index (χ1n) is 9.65. The Morgan fingerprint density at radius 3 is 2.41 bits per heavy atom. The molecule has 27 heavy (non-hydrogen) atoms. The van der Waals surface area contributed by atoms with Crippen molar-refractivity contribution in [1.82, 2.24) is 9.62 Å². The number of benzene rings is 2. The summed E-state index contributed by atoms with van der Waals surface area (Å²) < 4.78 is 29.2. The minimum atomic E-state index is -3.60. The van der Waals surface area contributed by atoms with Crippen LogP contribution in [0.15, 0.2) is 59.5 Å². The molecule has 4 nitrogen and oxygen atoms in total. The molecule has 2 aromatic rings. The lowest BCUT2D eigenvalue weighted by molar-refractivity contribution is 0.166. The highest BCUT2D eigenvalue weighted by Gasteiger charge is 2.34. The largest absolute Gasteiger partial charge is 0.295 e. The normalized spacial score (nSPS) is 23.1. The van der Waals surface area contributed by atoms with Crippen molar-refractivity contribution < 1.29 is 8.42 Å². The van der Waals surface area contributed by atoms with Gasteiger partial charge in [-0.15, -0.1) is 0 Å². The number of fused-ring (bicyclic) bond motifs is 1. The summed E-state index contributed by atoms with van der Waals surface area (Å²) in [5.41, 5.74) is 3.18. The molecule has 1 aliphatic heterocycles. The van der Waals surface area contributed by atoms with Crippen LogP contribution in [0.5, 0.6) is 0 Å². The first-order chi connectivity index (χ1) is 13.0. The molecule has 2 aromatic carbocycles. The van der Waals surface area contributed by atoms with Gasteiger partial charge in [0.15, 0.2) is 0 Å². The van der Waals surface area contributed by atoms with Crippen molar-refractivity contribution in [3.05, 3.63) is 71.3 Å². The molecule has 0 saturated carbocycles. The Morgan fingerprint density at radius 2 is 1.67 bits per heavy atom. The van der Waals surface area contributed by atoms with Crippen molar-refractivity contribution in [2.75, 3.05) is 13.1 Å². The predicted molar refractivity (Wildman–Crippen MR) is 109 cm³/mol. The van der Waals surface area contributed by atoms with Crippen LogP contribution in [0.1, 0.15) is 42.0 Å². The topological polar surface area (TPSA) is 49.4 Å². The maximum Gasteiger partial charge on any atom is 0.241 e. The molecular formula is C22H26N2O2S. The average molecular weight is 383 g/mol. The van der Waals surface area contributed by atoms with E-state index in [1.54, 1.807) is 12.1 Å². The number of nitrogens with zero attached hydrogens (tertiary/aromatic N) is 1. The van der Waals surface area contributed by atoms with Gasteiger partial charge >= 0.3 is 0 Å². The van der Waals surface area contributed by atoms with Gasteiger partial charge in [0, 0.05) is 6.04 Å². The first-order valence-corrected chi connectivity index (χ1v) is 11.1. The predicted octanol–water partition coefficient (Wildman–Crippen LogP) is 3.90. The second-order valence-corrected chi connectivity index (χ2v) is 9.20. The van der Waals surface area contributed by atoms with Gasteiger partial charge in [0.2, 0.25) is 10.0 Å². The lowest BCUT2D eigenvalue weighted by Crippen LogP contribution is -2.48. The molecule has 0 bridgehead atoms. The summed E-state index contributed by atoms with van der Waals surface area (Å²) in [6.45, 7) is 3.98. The van der Waals surface area contributed by atoms with Gasteiger partial charge in [0.05, 0.1) is 10.9 Å². The number of aryl methyl sites for hydroxylation is 1. The molecule has 1 aliphatic carbocycles. The maximum absolute atomic E-state index is 13.1. The summed E-state index contributed by atoms with van der Waals surface area (Å²) in [5, 5.41) is 0. The summed E-state index contributed by atoms with van der Waals surface area (Å²) in [7, 11) is -3.60. The Labute approximate surface area is 162 Å². The van der Waals surface area contributed by atoms with Gasteiger partial charge in [-0.1, -0.05) is 60.5 Å². The van der Waals surface area contributed by atoms with Crippen molar-refractivity contribution in [3.8, 4) is 0 Å². The van der Waals surface area contributed by atoms with E-state index in [1.165, 1.54) is 19.3 Å². The third kappa shape index (κ3) is 3.86. The van der Waals surface area contributed by atoms with Crippen LogP contribution in [0.2, 0.25) is 0 Å². The van der Waals surface area contributed by atoms with Crippen LogP contribution in [0.3, 0.4) is 0 Å². The zero-order valence-corrected chi connectivity index (χ0v) is 16.5. The highest BCUT2D eigenvalue weighted by atomic mass is 32.2. The quantitative estimate of drug-likeness (QED) is 0.873. The summed E-state index contributed by atoms with van der Waals surface area (Å²) >= 11 is 0. The number of hydrogen-bond donors (Lipinski definition) is 1.